The number of primary amides is 1. The maximum atomic E-state index is 14.1. The Labute approximate surface area is 379 Å². The van der Waals surface area contributed by atoms with Crippen molar-refractivity contribution in [3.05, 3.63) is 54.1 Å². The summed E-state index contributed by atoms with van der Waals surface area (Å²) in [5.74, 6) is -6.26. The van der Waals surface area contributed by atoms with Gasteiger partial charge in [0.15, 0.2) is 0 Å². The van der Waals surface area contributed by atoms with Gasteiger partial charge in [-0.05, 0) is 56.9 Å². The molecule has 0 saturated carbocycles. The monoisotopic (exact) mass is 934 g/mol. The van der Waals surface area contributed by atoms with Gasteiger partial charge in [0.05, 0.1) is 32.1 Å². The van der Waals surface area contributed by atoms with Crippen molar-refractivity contribution in [3.8, 4) is 0 Å². The van der Waals surface area contributed by atoms with Crippen LogP contribution in [0.4, 0.5) is 0 Å². The molecule has 0 aliphatic carbocycles. The molecule has 1 fully saturated rings. The van der Waals surface area contributed by atoms with Gasteiger partial charge in [-0.1, -0.05) is 69.9 Å². The number of hydrogen-bond acceptors (Lipinski definition) is 12. The summed E-state index contributed by atoms with van der Waals surface area (Å²) >= 11 is 0. The molecule has 2 aromatic rings. The molecular formula is C43H67N8O13P. The van der Waals surface area contributed by atoms with Gasteiger partial charge in [-0.2, -0.15) is 0 Å². The Kier molecular flexibility index (Phi) is 22.7. The molecule has 0 radical (unpaired) electrons. The number of carboxylic acids is 1. The summed E-state index contributed by atoms with van der Waals surface area (Å²) in [5, 5.41) is 29.1. The number of likely N-dealkylation sites (tertiary alicyclic amines) is 1. The van der Waals surface area contributed by atoms with Gasteiger partial charge < -0.3 is 51.6 Å². The maximum Gasteiger partial charge on any atom is 0.472 e. The fraction of sp³-hybridized carbons (Fsp3) is 0.628. The van der Waals surface area contributed by atoms with Crippen molar-refractivity contribution in [2.24, 2.45) is 11.7 Å². The highest BCUT2D eigenvalue weighted by Crippen LogP contribution is 2.45. The first-order valence-corrected chi connectivity index (χ1v) is 23.6. The molecular weight excluding hydrogens is 867 g/mol. The second-order valence-electron chi connectivity index (χ2n) is 16.7. The van der Waals surface area contributed by atoms with Gasteiger partial charge >= 0.3 is 13.8 Å². The number of phosphoric acid groups is 1. The van der Waals surface area contributed by atoms with Gasteiger partial charge in [0.2, 0.25) is 35.4 Å². The number of aliphatic hydroxyl groups is 1. The van der Waals surface area contributed by atoms with Gasteiger partial charge in [-0.25, -0.2) is 9.55 Å². The zero-order chi connectivity index (χ0) is 48.1. The van der Waals surface area contributed by atoms with Crippen LogP contribution in [0, 0.1) is 5.92 Å². The third kappa shape index (κ3) is 19.0. The Bertz CT molecular complexity index is 1930. The topological polar surface area (TPSA) is 311 Å². The lowest BCUT2D eigenvalue weighted by molar-refractivity contribution is -0.139. The number of aryl methyl sites for hydroxylation is 2. The van der Waals surface area contributed by atoms with Crippen LogP contribution in [0.3, 0.4) is 0 Å². The number of amides is 6. The Morgan fingerprint density at radius 2 is 1.52 bits per heavy atom. The minimum Gasteiger partial charge on any atom is -0.481 e. The minimum atomic E-state index is -4.95. The van der Waals surface area contributed by atoms with E-state index in [1.54, 1.807) is 12.5 Å². The molecule has 2 unspecified atom stereocenters. The van der Waals surface area contributed by atoms with Crippen LogP contribution in [0.2, 0.25) is 0 Å². The van der Waals surface area contributed by atoms with Crippen molar-refractivity contribution < 1.29 is 62.3 Å². The molecule has 1 aliphatic heterocycles. The number of imidazole rings is 1. The van der Waals surface area contributed by atoms with Crippen molar-refractivity contribution in [2.45, 2.75) is 148 Å². The highest BCUT2D eigenvalue weighted by molar-refractivity contribution is 7.47. The number of aliphatic hydroxyl groups excluding tert-OH is 1. The number of nitrogens with one attached hydrogen (secondary N) is 4. The zero-order valence-electron chi connectivity index (χ0n) is 37.7. The SMILES string of the molecule is CC(=O)N1CCC[C@H]1C(=O)N[C@@H](CC(C)C)C(=O)N[C@@H](Cc1cncn1CCCCCCCCc1ccccc1)C(=O)N[C@@H](CO)C(=O)NC(C(N)=O)[C@@H](C)OP(=O)(O)OCCC(=O)O. The molecule has 2 heterocycles. The lowest BCUT2D eigenvalue weighted by atomic mass is 10.0. The summed E-state index contributed by atoms with van der Waals surface area (Å²) in [7, 11) is -4.95. The Balaban J connectivity index is 1.77. The molecule has 22 heteroatoms. The second kappa shape index (κ2) is 27.3. The van der Waals surface area contributed by atoms with E-state index in [4.69, 9.17) is 15.4 Å². The quantitative estimate of drug-likeness (QED) is 0.0407. The molecule has 1 aromatic heterocycles. The predicted octanol–water partition coefficient (Wildman–Crippen LogP) is 1.48. The summed E-state index contributed by atoms with van der Waals surface area (Å²) in [6.07, 6.45) is 9.04. The Hall–Kier alpha value is -5.21. The third-order valence-electron chi connectivity index (χ3n) is 10.9. The van der Waals surface area contributed by atoms with Crippen LogP contribution in [0.25, 0.3) is 0 Å². The van der Waals surface area contributed by atoms with Crippen molar-refractivity contribution in [2.75, 3.05) is 19.8 Å². The van der Waals surface area contributed by atoms with Gasteiger partial charge in [-0.15, -0.1) is 0 Å². The summed E-state index contributed by atoms with van der Waals surface area (Å²) in [5.41, 5.74) is 7.33. The van der Waals surface area contributed by atoms with E-state index in [0.29, 0.717) is 31.6 Å². The number of benzene rings is 1. The number of carbonyl (C=O) groups is 7. The molecule has 362 valence electrons. The van der Waals surface area contributed by atoms with E-state index < -0.39 is 99.3 Å². The largest absolute Gasteiger partial charge is 0.481 e. The smallest absolute Gasteiger partial charge is 0.472 e. The average Bonchev–Trinajstić information content (AvgIpc) is 3.92. The van der Waals surface area contributed by atoms with Crippen LogP contribution in [0.5, 0.6) is 0 Å². The standard InChI is InChI=1S/C43H67N8O13P/c1-28(2)23-33(47-43(60)36-18-14-21-51(36)30(4)53)40(57)46-34(24-32-25-45-27-50(32)20-13-8-6-5-7-10-15-31-16-11-9-12-17-31)41(58)48-35(26-52)42(59)49-38(39(44)56)29(3)64-65(61,62)63-22-19-37(54)55/h9,11-12,16-17,25,27-29,33-36,38,52H,5-8,10,13-15,18-24,26H2,1-4H3,(H2,44,56)(H,46,57)(H,47,60)(H,48,58)(H,49,59)(H,54,55)(H,61,62)/t29-,33+,34+,35+,36+,38?/m1/s1. The number of unbranched alkanes of at least 4 members (excludes halogenated alkanes) is 5. The van der Waals surface area contributed by atoms with E-state index in [1.165, 1.54) is 17.4 Å². The summed E-state index contributed by atoms with van der Waals surface area (Å²) in [6, 6.07) is 3.45. The average molecular weight is 935 g/mol. The number of nitrogens with two attached hydrogens (primary N) is 1. The van der Waals surface area contributed by atoms with Crippen molar-refractivity contribution in [1.29, 1.82) is 0 Å². The third-order valence-corrected chi connectivity index (χ3v) is 12.0. The molecule has 65 heavy (non-hydrogen) atoms. The van der Waals surface area contributed by atoms with E-state index in [-0.39, 0.29) is 24.7 Å². The fourth-order valence-corrected chi connectivity index (χ4v) is 8.37. The molecule has 3 rings (SSSR count). The van der Waals surface area contributed by atoms with E-state index in [1.807, 2.05) is 36.6 Å². The molecule has 21 nitrogen and oxygen atoms in total. The lowest BCUT2D eigenvalue weighted by Gasteiger charge is -2.28. The number of phosphoric ester groups is 1. The van der Waals surface area contributed by atoms with E-state index in [9.17, 15) is 48.1 Å². The number of aliphatic carboxylic acids is 1. The first-order chi connectivity index (χ1) is 30.8. The molecule has 0 spiro atoms. The van der Waals surface area contributed by atoms with Crippen molar-refractivity contribution in [1.82, 2.24) is 35.7 Å². The summed E-state index contributed by atoms with van der Waals surface area (Å²) in [4.78, 5) is 106. The van der Waals surface area contributed by atoms with Gasteiger partial charge in [0.25, 0.3) is 0 Å². The summed E-state index contributed by atoms with van der Waals surface area (Å²) < 4.78 is 23.8. The van der Waals surface area contributed by atoms with Gasteiger partial charge in [0, 0.05) is 38.3 Å². The Morgan fingerprint density at radius 1 is 0.892 bits per heavy atom. The van der Waals surface area contributed by atoms with Crippen molar-refractivity contribution in [3.63, 3.8) is 0 Å². The van der Waals surface area contributed by atoms with Crippen LogP contribution in [0.15, 0.2) is 42.9 Å². The molecule has 1 saturated heterocycles. The highest BCUT2D eigenvalue weighted by Gasteiger charge is 2.38. The second-order valence-corrected chi connectivity index (χ2v) is 18.1. The molecule has 6 amide bonds. The van der Waals surface area contributed by atoms with Crippen LogP contribution in [-0.2, 0) is 66.6 Å². The first-order valence-electron chi connectivity index (χ1n) is 22.1. The van der Waals surface area contributed by atoms with E-state index in [0.717, 1.165) is 51.9 Å². The number of carboxylic acid groups (broad SMARTS) is 1. The predicted molar refractivity (Wildman–Crippen MR) is 236 cm³/mol. The molecule has 9 N–H and O–H groups in total. The van der Waals surface area contributed by atoms with E-state index in [2.05, 4.69) is 42.9 Å². The maximum absolute atomic E-state index is 14.1. The van der Waals surface area contributed by atoms with E-state index >= 15 is 0 Å². The molecule has 0 bridgehead atoms. The van der Waals surface area contributed by atoms with Crippen LogP contribution in [-0.4, -0.2) is 127 Å². The lowest BCUT2D eigenvalue weighted by Crippen LogP contribution is -2.61. The Morgan fingerprint density at radius 3 is 2.15 bits per heavy atom. The molecule has 1 aliphatic rings. The number of hydrogen-bond donors (Lipinski definition) is 8. The highest BCUT2D eigenvalue weighted by atomic mass is 31.2. The zero-order valence-corrected chi connectivity index (χ0v) is 38.6. The van der Waals surface area contributed by atoms with Gasteiger partial charge in [0.1, 0.15) is 30.2 Å². The van der Waals surface area contributed by atoms with Crippen LogP contribution < -0.4 is 27.0 Å². The van der Waals surface area contributed by atoms with Crippen LogP contribution in [0.1, 0.15) is 103 Å². The molecule has 7 atom stereocenters. The number of aromatic nitrogens is 2. The number of rotatable bonds is 30. The first kappa shape index (κ1) is 54.1. The molecule has 1 aromatic carbocycles. The number of nitrogens with zero attached hydrogens (tertiary/aromatic N) is 3. The van der Waals surface area contributed by atoms with Crippen molar-refractivity contribution >= 4 is 49.2 Å². The fourth-order valence-electron chi connectivity index (χ4n) is 7.45. The number of carbonyl (C=O) groups excluding carboxylic acids is 6. The normalized spacial score (nSPS) is 17.0. The van der Waals surface area contributed by atoms with Gasteiger partial charge in [-0.3, -0.25) is 42.6 Å². The van der Waals surface area contributed by atoms with Crippen LogP contribution >= 0.6 is 7.82 Å². The summed E-state index contributed by atoms with van der Waals surface area (Å²) in [6.45, 7) is 5.39. The minimum absolute atomic E-state index is 0.0980.